The van der Waals surface area contributed by atoms with Gasteiger partial charge in [0.15, 0.2) is 5.82 Å². The van der Waals surface area contributed by atoms with Crippen molar-refractivity contribution in [3.05, 3.63) is 5.69 Å². The first-order valence-electron chi connectivity index (χ1n) is 6.70. The highest BCUT2D eigenvalue weighted by atomic mass is 32.2. The van der Waals surface area contributed by atoms with Crippen LogP contribution < -0.4 is 5.73 Å². The van der Waals surface area contributed by atoms with Crippen LogP contribution in [0.5, 0.6) is 0 Å². The predicted molar refractivity (Wildman–Crippen MR) is 78.0 cm³/mol. The number of hydrogen-bond donors (Lipinski definition) is 1. The summed E-state index contributed by atoms with van der Waals surface area (Å²) in [6, 6.07) is -0.663. The van der Waals surface area contributed by atoms with Gasteiger partial charge in [0.1, 0.15) is 10.9 Å². The molecular formula is C12H21N5O3S. The molecule has 21 heavy (non-hydrogen) atoms. The van der Waals surface area contributed by atoms with Crippen molar-refractivity contribution in [3.63, 3.8) is 0 Å². The Hall–Kier alpha value is -1.61. The van der Waals surface area contributed by atoms with Crippen molar-refractivity contribution >= 4 is 21.7 Å². The fraction of sp³-hybridized carbons (Fsp3) is 0.667. The molecule has 1 aromatic rings. The molecule has 2 heterocycles. The minimum absolute atomic E-state index is 0.00320. The fourth-order valence-electron chi connectivity index (χ4n) is 2.62. The number of likely N-dealkylation sites (N-methyl/N-ethyl adjacent to an activating group) is 1. The van der Waals surface area contributed by atoms with Gasteiger partial charge >= 0.3 is 0 Å². The van der Waals surface area contributed by atoms with E-state index in [1.807, 2.05) is 0 Å². The molecule has 0 radical (unpaired) electrons. The first kappa shape index (κ1) is 15.8. The van der Waals surface area contributed by atoms with Gasteiger partial charge in [-0.05, 0) is 19.8 Å². The second kappa shape index (κ2) is 5.30. The number of anilines is 1. The molecule has 1 saturated heterocycles. The maximum absolute atomic E-state index is 12.8. The van der Waals surface area contributed by atoms with E-state index in [0.717, 1.165) is 0 Å². The van der Waals surface area contributed by atoms with Crippen LogP contribution in [0.25, 0.3) is 0 Å². The van der Waals surface area contributed by atoms with Crippen LogP contribution in [-0.2, 0) is 21.9 Å². The zero-order valence-electron chi connectivity index (χ0n) is 12.7. The van der Waals surface area contributed by atoms with Crippen molar-refractivity contribution in [1.29, 1.82) is 0 Å². The molecule has 1 atom stereocenters. The summed E-state index contributed by atoms with van der Waals surface area (Å²) >= 11 is 0. The van der Waals surface area contributed by atoms with Crippen LogP contribution in [0.4, 0.5) is 5.82 Å². The van der Waals surface area contributed by atoms with E-state index in [0.29, 0.717) is 25.1 Å². The third-order valence-electron chi connectivity index (χ3n) is 3.80. The van der Waals surface area contributed by atoms with Gasteiger partial charge in [0.2, 0.25) is 15.9 Å². The summed E-state index contributed by atoms with van der Waals surface area (Å²) in [5, 5.41) is 3.95. The Balaban J connectivity index is 2.46. The average molecular weight is 315 g/mol. The molecule has 1 amide bonds. The molecule has 1 unspecified atom stereocenters. The van der Waals surface area contributed by atoms with E-state index >= 15 is 0 Å². The Labute approximate surface area is 124 Å². The van der Waals surface area contributed by atoms with Crippen LogP contribution in [0.1, 0.15) is 18.5 Å². The van der Waals surface area contributed by atoms with E-state index in [1.165, 1.54) is 13.9 Å². The summed E-state index contributed by atoms with van der Waals surface area (Å²) in [5.41, 5.74) is 6.21. The monoisotopic (exact) mass is 315 g/mol. The largest absolute Gasteiger partial charge is 0.381 e. The molecule has 1 aliphatic heterocycles. The third kappa shape index (κ3) is 2.51. The number of nitrogens with two attached hydrogens (primary N) is 1. The van der Waals surface area contributed by atoms with Gasteiger partial charge in [0, 0.05) is 27.7 Å². The summed E-state index contributed by atoms with van der Waals surface area (Å²) in [7, 11) is 1.05. The maximum atomic E-state index is 12.8. The molecule has 8 nitrogen and oxygen atoms in total. The molecule has 2 rings (SSSR count). The lowest BCUT2D eigenvalue weighted by Gasteiger charge is -2.25. The molecule has 0 spiro atoms. The number of nitrogen functional groups attached to an aromatic ring is 1. The van der Waals surface area contributed by atoms with Gasteiger partial charge in [-0.1, -0.05) is 0 Å². The Kier molecular flexibility index (Phi) is 3.98. The fourth-order valence-corrected chi connectivity index (χ4v) is 4.57. The molecule has 2 N–H and O–H groups in total. The Morgan fingerprint density at radius 1 is 1.43 bits per heavy atom. The predicted octanol–water partition coefficient (Wildman–Crippen LogP) is -0.448. The highest BCUT2D eigenvalue weighted by molar-refractivity contribution is 7.89. The van der Waals surface area contributed by atoms with Crippen LogP contribution in [0.2, 0.25) is 0 Å². The number of sulfonamides is 1. The van der Waals surface area contributed by atoms with Crippen molar-refractivity contribution in [3.8, 4) is 0 Å². The molecule has 9 heteroatoms. The van der Waals surface area contributed by atoms with Crippen LogP contribution >= 0.6 is 0 Å². The van der Waals surface area contributed by atoms with Gasteiger partial charge in [-0.15, -0.1) is 0 Å². The second-order valence-electron chi connectivity index (χ2n) is 5.43. The van der Waals surface area contributed by atoms with Crippen molar-refractivity contribution in [1.82, 2.24) is 19.0 Å². The van der Waals surface area contributed by atoms with Crippen LogP contribution in [0, 0.1) is 6.92 Å². The molecule has 1 aromatic heterocycles. The van der Waals surface area contributed by atoms with Crippen molar-refractivity contribution in [2.75, 3.05) is 26.4 Å². The van der Waals surface area contributed by atoms with Gasteiger partial charge < -0.3 is 10.6 Å². The summed E-state index contributed by atoms with van der Waals surface area (Å²) in [4.78, 5) is 13.6. The lowest BCUT2D eigenvalue weighted by molar-refractivity contribution is -0.132. The van der Waals surface area contributed by atoms with E-state index in [2.05, 4.69) is 5.10 Å². The molecule has 1 fully saturated rings. The van der Waals surface area contributed by atoms with E-state index in [4.69, 9.17) is 5.73 Å². The number of aromatic nitrogens is 2. The SMILES string of the molecule is Cc1c(S(=O)(=O)N2CCCC2C(=O)N(C)C)c(N)nn1C. The topological polar surface area (TPSA) is 102 Å². The maximum Gasteiger partial charge on any atom is 0.249 e. The Morgan fingerprint density at radius 2 is 2.05 bits per heavy atom. The third-order valence-corrected chi connectivity index (χ3v) is 5.88. The summed E-state index contributed by atoms with van der Waals surface area (Å²) in [5.74, 6) is -0.242. The molecular weight excluding hydrogens is 294 g/mol. The smallest absolute Gasteiger partial charge is 0.249 e. The molecule has 0 aromatic carbocycles. The number of carbonyl (C=O) groups is 1. The number of rotatable bonds is 3. The minimum atomic E-state index is -3.83. The highest BCUT2D eigenvalue weighted by Gasteiger charge is 2.42. The Morgan fingerprint density at radius 3 is 2.52 bits per heavy atom. The van der Waals surface area contributed by atoms with Gasteiger partial charge in [-0.25, -0.2) is 8.42 Å². The Bertz CT molecular complexity index is 665. The number of amides is 1. The van der Waals surface area contributed by atoms with E-state index in [1.54, 1.807) is 28.1 Å². The van der Waals surface area contributed by atoms with Crippen molar-refractivity contribution < 1.29 is 13.2 Å². The summed E-state index contributed by atoms with van der Waals surface area (Å²) in [6.45, 7) is 1.97. The van der Waals surface area contributed by atoms with E-state index in [9.17, 15) is 13.2 Å². The number of carbonyl (C=O) groups excluding carboxylic acids is 1. The van der Waals surface area contributed by atoms with Crippen LogP contribution in [-0.4, -0.2) is 60.0 Å². The van der Waals surface area contributed by atoms with Gasteiger partial charge in [0.05, 0.1) is 5.69 Å². The lowest BCUT2D eigenvalue weighted by Crippen LogP contribution is -2.45. The number of nitrogens with zero attached hydrogens (tertiary/aromatic N) is 4. The molecule has 118 valence electrons. The molecule has 1 aliphatic rings. The number of aryl methyl sites for hydroxylation is 1. The lowest BCUT2D eigenvalue weighted by atomic mass is 10.2. The zero-order chi connectivity index (χ0) is 15.9. The average Bonchev–Trinajstić information content (AvgIpc) is 2.95. The summed E-state index contributed by atoms with van der Waals surface area (Å²) in [6.07, 6.45) is 1.18. The quantitative estimate of drug-likeness (QED) is 0.814. The van der Waals surface area contributed by atoms with Crippen LogP contribution in [0.3, 0.4) is 0 Å². The van der Waals surface area contributed by atoms with Gasteiger partial charge in [-0.2, -0.15) is 9.40 Å². The van der Waals surface area contributed by atoms with Gasteiger partial charge in [-0.3, -0.25) is 9.48 Å². The minimum Gasteiger partial charge on any atom is -0.381 e. The number of hydrogen-bond acceptors (Lipinski definition) is 5. The van der Waals surface area contributed by atoms with E-state index in [-0.39, 0.29) is 16.6 Å². The first-order valence-corrected chi connectivity index (χ1v) is 8.14. The second-order valence-corrected chi connectivity index (χ2v) is 7.26. The van der Waals surface area contributed by atoms with Gasteiger partial charge in [0.25, 0.3) is 0 Å². The molecule has 0 saturated carbocycles. The molecule has 0 bridgehead atoms. The normalized spacial score (nSPS) is 19.9. The standard InChI is InChI=1S/C12H21N5O3S/c1-8-10(11(13)14-16(8)4)21(19,20)17-7-5-6-9(17)12(18)15(2)3/h9H,5-7H2,1-4H3,(H2,13,14). The van der Waals surface area contributed by atoms with Crippen LogP contribution in [0.15, 0.2) is 4.90 Å². The van der Waals surface area contributed by atoms with E-state index < -0.39 is 16.1 Å². The highest BCUT2D eigenvalue weighted by Crippen LogP contribution is 2.31. The van der Waals surface area contributed by atoms with Crippen molar-refractivity contribution in [2.24, 2.45) is 7.05 Å². The van der Waals surface area contributed by atoms with Crippen molar-refractivity contribution in [2.45, 2.75) is 30.7 Å². The zero-order valence-corrected chi connectivity index (χ0v) is 13.5. The molecule has 0 aliphatic carbocycles. The first-order chi connectivity index (χ1) is 9.67. The summed E-state index contributed by atoms with van der Waals surface area (Å²) < 4.78 is 28.4.